The fourth-order valence-electron chi connectivity index (χ4n) is 3.55. The van der Waals surface area contributed by atoms with Crippen LogP contribution in [0.1, 0.15) is 49.3 Å². The molecule has 0 saturated heterocycles. The highest BCUT2D eigenvalue weighted by atomic mass is 16.5. The van der Waals surface area contributed by atoms with Crippen LogP contribution in [-0.4, -0.2) is 12.1 Å². The van der Waals surface area contributed by atoms with Crippen LogP contribution in [0.25, 0.3) is 0 Å². The van der Waals surface area contributed by atoms with Gasteiger partial charge in [0.1, 0.15) is 0 Å². The van der Waals surface area contributed by atoms with Crippen LogP contribution in [0.2, 0.25) is 0 Å². The lowest BCUT2D eigenvalue weighted by Gasteiger charge is -2.31. The summed E-state index contributed by atoms with van der Waals surface area (Å²) in [5.74, 6) is 1.40. The van der Waals surface area contributed by atoms with Gasteiger partial charge in [0.15, 0.2) is 0 Å². The topological polar surface area (TPSA) is 34.1 Å². The van der Waals surface area contributed by atoms with Crippen LogP contribution in [0.3, 0.4) is 0 Å². The van der Waals surface area contributed by atoms with Crippen molar-refractivity contribution in [3.63, 3.8) is 0 Å². The molecule has 122 valence electrons. The summed E-state index contributed by atoms with van der Waals surface area (Å²) < 4.78 is 5.13. The second kappa shape index (κ2) is 8.11. The molecule has 1 aromatic carbocycles. The Morgan fingerprint density at radius 3 is 2.52 bits per heavy atom. The number of pyridine rings is 1. The number of methoxy groups -OCH3 is 1. The molecule has 0 radical (unpaired) electrons. The average molecular weight is 310 g/mol. The van der Waals surface area contributed by atoms with Gasteiger partial charge in [0.05, 0.1) is 7.11 Å². The lowest BCUT2D eigenvalue weighted by Crippen LogP contribution is -2.29. The highest BCUT2D eigenvalue weighted by Crippen LogP contribution is 2.34. The van der Waals surface area contributed by atoms with Gasteiger partial charge in [-0.3, -0.25) is 0 Å². The van der Waals surface area contributed by atoms with Gasteiger partial charge in [0.25, 0.3) is 0 Å². The molecule has 1 aliphatic rings. The molecule has 0 amide bonds. The van der Waals surface area contributed by atoms with Crippen molar-refractivity contribution < 1.29 is 4.74 Å². The minimum atomic E-state index is 0.429. The smallest absolute Gasteiger partial charge is 0.212 e. The highest BCUT2D eigenvalue weighted by molar-refractivity contribution is 5.21. The predicted octanol–water partition coefficient (Wildman–Crippen LogP) is 4.50. The van der Waals surface area contributed by atoms with Crippen LogP contribution in [0, 0.1) is 5.92 Å². The maximum absolute atomic E-state index is 5.13. The van der Waals surface area contributed by atoms with Crippen molar-refractivity contribution in [3.8, 4) is 5.88 Å². The number of aromatic nitrogens is 1. The van der Waals surface area contributed by atoms with Crippen molar-refractivity contribution in [2.24, 2.45) is 5.92 Å². The highest BCUT2D eigenvalue weighted by Gasteiger charge is 2.24. The van der Waals surface area contributed by atoms with Gasteiger partial charge in [0, 0.05) is 24.8 Å². The maximum atomic E-state index is 5.13. The van der Waals surface area contributed by atoms with E-state index in [0.29, 0.717) is 11.9 Å². The molecule has 1 saturated carbocycles. The standard InChI is InChI=1S/C20H26N2O/c1-23-19-13-12-16(14-21-19)15-22-20(17-8-4-2-5-9-17)18-10-6-3-7-11-18/h2,4-5,8-9,12-14,18,20,22H,3,6-7,10-11,15H2,1H3. The molecule has 0 bridgehead atoms. The van der Waals surface area contributed by atoms with Crippen LogP contribution >= 0.6 is 0 Å². The van der Waals surface area contributed by atoms with Crippen molar-refractivity contribution in [2.75, 3.05) is 7.11 Å². The fourth-order valence-corrected chi connectivity index (χ4v) is 3.55. The van der Waals surface area contributed by atoms with Crippen LogP contribution in [-0.2, 0) is 6.54 Å². The Morgan fingerprint density at radius 1 is 1.09 bits per heavy atom. The van der Waals surface area contributed by atoms with E-state index in [1.807, 2.05) is 12.3 Å². The van der Waals surface area contributed by atoms with Crippen LogP contribution in [0.15, 0.2) is 48.7 Å². The molecule has 2 aromatic rings. The molecule has 1 atom stereocenters. The van der Waals surface area contributed by atoms with Gasteiger partial charge in [-0.15, -0.1) is 0 Å². The summed E-state index contributed by atoms with van der Waals surface area (Å²) in [6.45, 7) is 0.840. The monoisotopic (exact) mass is 310 g/mol. The molecule has 1 aromatic heterocycles. The molecule has 1 heterocycles. The second-order valence-corrected chi connectivity index (χ2v) is 6.38. The van der Waals surface area contributed by atoms with Crippen LogP contribution < -0.4 is 10.1 Å². The maximum Gasteiger partial charge on any atom is 0.212 e. The van der Waals surface area contributed by atoms with Crippen LogP contribution in [0.4, 0.5) is 0 Å². The van der Waals surface area contributed by atoms with E-state index in [0.717, 1.165) is 12.5 Å². The van der Waals surface area contributed by atoms with E-state index >= 15 is 0 Å². The normalized spacial score (nSPS) is 16.9. The number of nitrogens with one attached hydrogen (secondary N) is 1. The first-order chi connectivity index (χ1) is 11.4. The van der Waals surface area contributed by atoms with Gasteiger partial charge in [-0.1, -0.05) is 55.7 Å². The van der Waals surface area contributed by atoms with Gasteiger partial charge in [-0.05, 0) is 29.9 Å². The van der Waals surface area contributed by atoms with E-state index in [1.165, 1.54) is 43.2 Å². The summed E-state index contributed by atoms with van der Waals surface area (Å²) in [6.07, 6.45) is 8.66. The number of ether oxygens (including phenoxy) is 1. The molecule has 1 fully saturated rings. The lowest BCUT2D eigenvalue weighted by atomic mass is 9.81. The third-order valence-electron chi connectivity index (χ3n) is 4.81. The van der Waals surface area contributed by atoms with E-state index in [2.05, 4.69) is 46.7 Å². The van der Waals surface area contributed by atoms with E-state index < -0.39 is 0 Å². The molecule has 0 aliphatic heterocycles. The molecule has 23 heavy (non-hydrogen) atoms. The molecule has 3 heteroatoms. The zero-order valence-corrected chi connectivity index (χ0v) is 13.9. The SMILES string of the molecule is COc1ccc(CNC(c2ccccc2)C2CCCCC2)cn1. The molecular formula is C20H26N2O. The molecule has 0 spiro atoms. The van der Waals surface area contributed by atoms with Crippen molar-refractivity contribution in [1.82, 2.24) is 10.3 Å². The summed E-state index contributed by atoms with van der Waals surface area (Å²) in [5, 5.41) is 3.78. The Kier molecular flexibility index (Phi) is 5.65. The Hall–Kier alpha value is -1.87. The summed E-state index contributed by atoms with van der Waals surface area (Å²) in [6, 6.07) is 15.3. The van der Waals surface area contributed by atoms with Crippen molar-refractivity contribution in [1.29, 1.82) is 0 Å². The third kappa shape index (κ3) is 4.32. The largest absolute Gasteiger partial charge is 0.481 e. The van der Waals surface area contributed by atoms with Gasteiger partial charge in [0.2, 0.25) is 5.88 Å². The van der Waals surface area contributed by atoms with Crippen molar-refractivity contribution in [3.05, 3.63) is 59.8 Å². The van der Waals surface area contributed by atoms with Gasteiger partial charge < -0.3 is 10.1 Å². The Bertz CT molecular complexity index is 576. The first-order valence-electron chi connectivity index (χ1n) is 8.64. The number of hydrogen-bond donors (Lipinski definition) is 1. The fraction of sp³-hybridized carbons (Fsp3) is 0.450. The Morgan fingerprint density at radius 2 is 1.87 bits per heavy atom. The van der Waals surface area contributed by atoms with E-state index in [4.69, 9.17) is 4.74 Å². The predicted molar refractivity (Wildman–Crippen MR) is 93.4 cm³/mol. The van der Waals surface area contributed by atoms with Crippen molar-refractivity contribution >= 4 is 0 Å². The zero-order valence-electron chi connectivity index (χ0n) is 13.9. The molecule has 1 N–H and O–H groups in total. The molecule has 1 unspecified atom stereocenters. The van der Waals surface area contributed by atoms with Crippen molar-refractivity contribution in [2.45, 2.75) is 44.7 Å². The molecular weight excluding hydrogens is 284 g/mol. The van der Waals surface area contributed by atoms with E-state index in [-0.39, 0.29) is 0 Å². The lowest BCUT2D eigenvalue weighted by molar-refractivity contribution is 0.270. The first-order valence-corrected chi connectivity index (χ1v) is 8.64. The molecule has 3 rings (SSSR count). The summed E-state index contributed by atoms with van der Waals surface area (Å²) in [4.78, 5) is 4.30. The first kappa shape index (κ1) is 16.0. The number of rotatable bonds is 6. The Balaban J connectivity index is 1.70. The second-order valence-electron chi connectivity index (χ2n) is 6.38. The van der Waals surface area contributed by atoms with E-state index in [9.17, 15) is 0 Å². The van der Waals surface area contributed by atoms with Gasteiger partial charge >= 0.3 is 0 Å². The minimum Gasteiger partial charge on any atom is -0.481 e. The summed E-state index contributed by atoms with van der Waals surface area (Å²) in [7, 11) is 1.65. The van der Waals surface area contributed by atoms with E-state index in [1.54, 1.807) is 7.11 Å². The van der Waals surface area contributed by atoms with Gasteiger partial charge in [-0.2, -0.15) is 0 Å². The summed E-state index contributed by atoms with van der Waals surface area (Å²) in [5.41, 5.74) is 2.60. The number of nitrogens with zero attached hydrogens (tertiary/aromatic N) is 1. The molecule has 3 nitrogen and oxygen atoms in total. The zero-order chi connectivity index (χ0) is 15.9. The van der Waals surface area contributed by atoms with Gasteiger partial charge in [-0.25, -0.2) is 4.98 Å². The summed E-state index contributed by atoms with van der Waals surface area (Å²) >= 11 is 0. The Labute approximate surface area is 139 Å². The number of hydrogen-bond acceptors (Lipinski definition) is 3. The minimum absolute atomic E-state index is 0.429. The quantitative estimate of drug-likeness (QED) is 0.853. The molecule has 1 aliphatic carbocycles. The average Bonchev–Trinajstić information content (AvgIpc) is 2.64. The number of benzene rings is 1. The van der Waals surface area contributed by atoms with Crippen LogP contribution in [0.5, 0.6) is 5.88 Å². The third-order valence-corrected chi connectivity index (χ3v) is 4.81.